The molecule has 0 unspecified atom stereocenters. The van der Waals surface area contributed by atoms with Crippen molar-refractivity contribution in [2.75, 3.05) is 13.1 Å². The van der Waals surface area contributed by atoms with E-state index in [0.29, 0.717) is 12.3 Å². The smallest absolute Gasteiger partial charge is 0.231 e. The van der Waals surface area contributed by atoms with E-state index in [0.717, 1.165) is 50.7 Å². The Kier molecular flexibility index (Phi) is 12.2. The molecular formula is C31H46N2O. The lowest BCUT2D eigenvalue weighted by Gasteiger charge is -2.22. The summed E-state index contributed by atoms with van der Waals surface area (Å²) in [6, 6.07) is 8.45. The van der Waals surface area contributed by atoms with Crippen molar-refractivity contribution in [3.63, 3.8) is 0 Å². The van der Waals surface area contributed by atoms with Crippen molar-refractivity contribution in [2.24, 2.45) is 0 Å². The molecule has 0 bridgehead atoms. The van der Waals surface area contributed by atoms with Crippen LogP contribution in [0.2, 0.25) is 0 Å². The van der Waals surface area contributed by atoms with Gasteiger partial charge in [0.15, 0.2) is 0 Å². The summed E-state index contributed by atoms with van der Waals surface area (Å²) < 4.78 is 1.94. The minimum absolute atomic E-state index is 0.252. The van der Waals surface area contributed by atoms with E-state index in [1.165, 1.54) is 62.3 Å². The SMILES string of the molecule is CCCCC/C=C\C/C=C\CCCCCCCC(=O)n1cc(C2CCNCC2)c2ccccc21. The summed E-state index contributed by atoms with van der Waals surface area (Å²) in [5.41, 5.74) is 2.45. The van der Waals surface area contributed by atoms with Gasteiger partial charge in [0, 0.05) is 18.0 Å². The average molecular weight is 463 g/mol. The topological polar surface area (TPSA) is 34.0 Å². The minimum atomic E-state index is 0.252. The monoisotopic (exact) mass is 462 g/mol. The van der Waals surface area contributed by atoms with Crippen LogP contribution in [0.4, 0.5) is 0 Å². The van der Waals surface area contributed by atoms with Crippen molar-refractivity contribution in [1.82, 2.24) is 9.88 Å². The van der Waals surface area contributed by atoms with Gasteiger partial charge in [0.1, 0.15) is 0 Å². The second-order valence-corrected chi connectivity index (χ2v) is 9.87. The Balaban J connectivity index is 1.32. The van der Waals surface area contributed by atoms with Crippen LogP contribution >= 0.6 is 0 Å². The predicted octanol–water partition coefficient (Wildman–Crippen LogP) is 8.56. The van der Waals surface area contributed by atoms with Crippen LogP contribution in [-0.2, 0) is 0 Å². The van der Waals surface area contributed by atoms with Gasteiger partial charge < -0.3 is 5.32 Å². The molecule has 1 saturated heterocycles. The van der Waals surface area contributed by atoms with Crippen molar-refractivity contribution >= 4 is 16.8 Å². The van der Waals surface area contributed by atoms with Crippen LogP contribution in [0.5, 0.6) is 0 Å². The van der Waals surface area contributed by atoms with Crippen LogP contribution < -0.4 is 5.32 Å². The molecular weight excluding hydrogens is 416 g/mol. The van der Waals surface area contributed by atoms with E-state index in [4.69, 9.17) is 0 Å². The van der Waals surface area contributed by atoms with Crippen molar-refractivity contribution in [2.45, 2.75) is 103 Å². The van der Waals surface area contributed by atoms with Crippen molar-refractivity contribution in [3.8, 4) is 0 Å². The highest BCUT2D eigenvalue weighted by atomic mass is 16.2. The normalized spacial score (nSPS) is 15.2. The third-order valence-electron chi connectivity index (χ3n) is 7.13. The first-order chi connectivity index (χ1) is 16.8. The van der Waals surface area contributed by atoms with E-state index < -0.39 is 0 Å². The summed E-state index contributed by atoms with van der Waals surface area (Å²) in [7, 11) is 0. The molecule has 2 heterocycles. The van der Waals surface area contributed by atoms with Gasteiger partial charge in [-0.15, -0.1) is 0 Å². The second-order valence-electron chi connectivity index (χ2n) is 9.87. The van der Waals surface area contributed by atoms with Gasteiger partial charge in [0.25, 0.3) is 0 Å². The predicted molar refractivity (Wildman–Crippen MR) is 147 cm³/mol. The quantitative estimate of drug-likeness (QED) is 0.212. The number of carbonyl (C=O) groups is 1. The first-order valence-electron chi connectivity index (χ1n) is 13.9. The van der Waals surface area contributed by atoms with Crippen molar-refractivity contribution in [1.29, 1.82) is 0 Å². The lowest BCUT2D eigenvalue weighted by Crippen LogP contribution is -2.26. The van der Waals surface area contributed by atoms with Crippen molar-refractivity contribution < 1.29 is 4.79 Å². The zero-order chi connectivity index (χ0) is 23.8. The van der Waals surface area contributed by atoms with Crippen molar-refractivity contribution in [3.05, 3.63) is 60.3 Å². The maximum absolute atomic E-state index is 13.0. The lowest BCUT2D eigenvalue weighted by molar-refractivity contribution is 0.0904. The summed E-state index contributed by atoms with van der Waals surface area (Å²) in [6.45, 7) is 4.40. The molecule has 3 heteroatoms. The number of fused-ring (bicyclic) bond motifs is 1. The van der Waals surface area contributed by atoms with Gasteiger partial charge in [-0.2, -0.15) is 0 Å². The Morgan fingerprint density at radius 3 is 2.35 bits per heavy atom. The molecule has 1 aliphatic heterocycles. The number of hydrogen-bond acceptors (Lipinski definition) is 2. The Morgan fingerprint density at radius 2 is 1.59 bits per heavy atom. The first kappa shape index (κ1) is 26.5. The highest BCUT2D eigenvalue weighted by Crippen LogP contribution is 2.33. The summed E-state index contributed by atoms with van der Waals surface area (Å²) in [4.78, 5) is 13.0. The molecule has 2 aromatic rings. The number of carbonyl (C=O) groups excluding carboxylic acids is 1. The van der Waals surface area contributed by atoms with Gasteiger partial charge in [-0.25, -0.2) is 0 Å². The Bertz CT molecular complexity index is 901. The zero-order valence-electron chi connectivity index (χ0n) is 21.4. The van der Waals surface area contributed by atoms with Crippen LogP contribution in [0.1, 0.15) is 113 Å². The largest absolute Gasteiger partial charge is 0.317 e. The summed E-state index contributed by atoms with van der Waals surface area (Å²) >= 11 is 0. The lowest BCUT2D eigenvalue weighted by atomic mass is 9.90. The third kappa shape index (κ3) is 8.58. The molecule has 0 atom stereocenters. The maximum Gasteiger partial charge on any atom is 0.231 e. The van der Waals surface area contributed by atoms with Gasteiger partial charge in [-0.3, -0.25) is 9.36 Å². The molecule has 1 aliphatic rings. The first-order valence-corrected chi connectivity index (χ1v) is 13.9. The second kappa shape index (κ2) is 15.7. The standard InChI is InChI=1S/C31H46N2O/c1-2-3-4-5-6-7-8-9-10-11-12-13-14-15-16-21-31(34)33-26-29(27-22-24-32-25-23-27)28-19-17-18-20-30(28)33/h6-7,9-10,17-20,26-27,32H,2-5,8,11-16,21-25H2,1H3/b7-6-,10-9-. The fourth-order valence-corrected chi connectivity index (χ4v) is 5.08. The molecule has 0 spiro atoms. The molecule has 3 nitrogen and oxygen atoms in total. The molecule has 186 valence electrons. The number of rotatable bonds is 15. The molecule has 1 aromatic carbocycles. The Morgan fingerprint density at radius 1 is 0.912 bits per heavy atom. The van der Waals surface area contributed by atoms with Gasteiger partial charge in [0.05, 0.1) is 5.52 Å². The summed E-state index contributed by atoms with van der Waals surface area (Å²) in [5.74, 6) is 0.818. The molecule has 0 radical (unpaired) electrons. The number of allylic oxidation sites excluding steroid dienone is 4. The molecule has 1 aromatic heterocycles. The fourth-order valence-electron chi connectivity index (χ4n) is 5.08. The third-order valence-corrected chi connectivity index (χ3v) is 7.13. The molecule has 1 N–H and O–H groups in total. The van der Waals surface area contributed by atoms with Gasteiger partial charge in [-0.1, -0.05) is 81.5 Å². The number of nitrogens with zero attached hydrogens (tertiary/aromatic N) is 1. The fraction of sp³-hybridized carbons (Fsp3) is 0.581. The number of para-hydroxylation sites is 1. The number of nitrogens with one attached hydrogen (secondary N) is 1. The van der Waals surface area contributed by atoms with E-state index >= 15 is 0 Å². The highest BCUT2D eigenvalue weighted by molar-refractivity contribution is 5.94. The van der Waals surface area contributed by atoms with E-state index in [1.807, 2.05) is 4.57 Å². The zero-order valence-corrected chi connectivity index (χ0v) is 21.4. The number of aromatic nitrogens is 1. The van der Waals surface area contributed by atoms with Crippen LogP contribution in [0, 0.1) is 0 Å². The molecule has 34 heavy (non-hydrogen) atoms. The maximum atomic E-state index is 13.0. The van der Waals surface area contributed by atoms with E-state index in [1.54, 1.807) is 0 Å². The number of unbranched alkanes of at least 4 members (excludes halogenated alkanes) is 8. The van der Waals surface area contributed by atoms with Crippen LogP contribution in [-0.4, -0.2) is 23.6 Å². The van der Waals surface area contributed by atoms with Gasteiger partial charge >= 0.3 is 0 Å². The highest BCUT2D eigenvalue weighted by Gasteiger charge is 2.21. The average Bonchev–Trinajstić information content (AvgIpc) is 3.27. The Labute approximate surface area is 207 Å². The van der Waals surface area contributed by atoms with Crippen LogP contribution in [0.15, 0.2) is 54.8 Å². The van der Waals surface area contributed by atoms with Crippen LogP contribution in [0.25, 0.3) is 10.9 Å². The summed E-state index contributed by atoms with van der Waals surface area (Å²) in [6.07, 6.45) is 27.7. The van der Waals surface area contributed by atoms with Crippen LogP contribution in [0.3, 0.4) is 0 Å². The number of benzene rings is 1. The van der Waals surface area contributed by atoms with E-state index in [2.05, 4.69) is 67.0 Å². The minimum Gasteiger partial charge on any atom is -0.317 e. The number of piperidine rings is 1. The van der Waals surface area contributed by atoms with E-state index in [-0.39, 0.29) is 5.91 Å². The van der Waals surface area contributed by atoms with E-state index in [9.17, 15) is 4.79 Å². The molecule has 0 aliphatic carbocycles. The van der Waals surface area contributed by atoms with Gasteiger partial charge in [-0.05, 0) is 82.0 Å². The van der Waals surface area contributed by atoms with Gasteiger partial charge in [0.2, 0.25) is 5.91 Å². The Hall–Kier alpha value is -2.13. The molecule has 3 rings (SSSR count). The summed E-state index contributed by atoms with van der Waals surface area (Å²) in [5, 5.41) is 4.72. The molecule has 0 saturated carbocycles. The molecule has 1 fully saturated rings. The molecule has 0 amide bonds. The number of hydrogen-bond donors (Lipinski definition) is 1.